The number of carbonyl (C=O) groups excluding carboxylic acids is 2. The summed E-state index contributed by atoms with van der Waals surface area (Å²) in [5.41, 5.74) is 2.15. The summed E-state index contributed by atoms with van der Waals surface area (Å²) in [6, 6.07) is 2.95. The van der Waals surface area contributed by atoms with E-state index in [1.807, 2.05) is 26.0 Å². The number of carbonyl (C=O) groups is 2. The molecule has 7 nitrogen and oxygen atoms in total. The number of hydrogen-bond donors (Lipinski definition) is 1. The van der Waals surface area contributed by atoms with Gasteiger partial charge in [0, 0.05) is 13.1 Å². The van der Waals surface area contributed by atoms with Gasteiger partial charge in [-0.2, -0.15) is 0 Å². The Balaban J connectivity index is 2.14. The van der Waals surface area contributed by atoms with Gasteiger partial charge in [0.05, 0.1) is 21.3 Å². The second kappa shape index (κ2) is 8.78. The van der Waals surface area contributed by atoms with Crippen molar-refractivity contribution < 1.29 is 23.8 Å². The van der Waals surface area contributed by atoms with Crippen LogP contribution in [0.2, 0.25) is 0 Å². The van der Waals surface area contributed by atoms with Crippen LogP contribution in [0.25, 0.3) is 0 Å². The van der Waals surface area contributed by atoms with Crippen LogP contribution >= 0.6 is 0 Å². The molecule has 0 radical (unpaired) electrons. The lowest BCUT2D eigenvalue weighted by atomic mass is 9.98. The van der Waals surface area contributed by atoms with E-state index in [-0.39, 0.29) is 11.9 Å². The van der Waals surface area contributed by atoms with Gasteiger partial charge in [-0.1, -0.05) is 20.3 Å². The highest BCUT2D eigenvalue weighted by Gasteiger charge is 2.30. The Hall–Kier alpha value is -2.44. The molecule has 0 bridgehead atoms. The van der Waals surface area contributed by atoms with Crippen LogP contribution in [0.1, 0.15) is 31.4 Å². The first-order chi connectivity index (χ1) is 12.4. The summed E-state index contributed by atoms with van der Waals surface area (Å²) in [5.74, 6) is 0.900. The minimum atomic E-state index is -0.649. The van der Waals surface area contributed by atoms with Crippen LogP contribution in [0.5, 0.6) is 11.5 Å². The predicted molar refractivity (Wildman–Crippen MR) is 97.5 cm³/mol. The van der Waals surface area contributed by atoms with Gasteiger partial charge in [0.1, 0.15) is 6.04 Å². The number of esters is 1. The van der Waals surface area contributed by atoms with Crippen molar-refractivity contribution in [3.8, 4) is 11.5 Å². The van der Waals surface area contributed by atoms with Crippen molar-refractivity contribution in [1.29, 1.82) is 0 Å². The van der Waals surface area contributed by atoms with E-state index in [0.29, 0.717) is 24.6 Å². The number of fused-ring (bicyclic) bond motifs is 1. The molecule has 26 heavy (non-hydrogen) atoms. The van der Waals surface area contributed by atoms with Gasteiger partial charge < -0.3 is 24.4 Å². The van der Waals surface area contributed by atoms with Crippen molar-refractivity contribution in [1.82, 2.24) is 10.2 Å². The van der Waals surface area contributed by atoms with E-state index in [1.54, 1.807) is 19.1 Å². The molecule has 144 valence electrons. The number of ether oxygens (including phenoxy) is 3. The summed E-state index contributed by atoms with van der Waals surface area (Å²) >= 11 is 0. The highest BCUT2D eigenvalue weighted by atomic mass is 16.5. The molecule has 0 aliphatic carbocycles. The van der Waals surface area contributed by atoms with E-state index in [9.17, 15) is 9.59 Å². The Morgan fingerprint density at radius 1 is 1.15 bits per heavy atom. The van der Waals surface area contributed by atoms with E-state index in [4.69, 9.17) is 14.2 Å². The first-order valence-electron chi connectivity index (χ1n) is 8.82. The molecule has 1 aliphatic heterocycles. The first kappa shape index (κ1) is 19.9. The topological polar surface area (TPSA) is 77.1 Å². The summed E-state index contributed by atoms with van der Waals surface area (Å²) in [5, 5.41) is 2.83. The molecule has 0 spiro atoms. The normalized spacial score (nSPS) is 15.5. The van der Waals surface area contributed by atoms with E-state index < -0.39 is 12.0 Å². The van der Waals surface area contributed by atoms with Crippen molar-refractivity contribution in [2.45, 2.75) is 39.3 Å². The number of amides is 2. The fraction of sp³-hybridized carbons (Fsp3) is 0.579. The lowest BCUT2D eigenvalue weighted by Crippen LogP contribution is -2.51. The second-order valence-electron chi connectivity index (χ2n) is 6.48. The molecule has 1 N–H and O–H groups in total. The third-order valence-corrected chi connectivity index (χ3v) is 4.95. The van der Waals surface area contributed by atoms with Crippen LogP contribution in [0.4, 0.5) is 4.79 Å². The van der Waals surface area contributed by atoms with Gasteiger partial charge in [-0.15, -0.1) is 0 Å². The molecule has 2 atom stereocenters. The van der Waals surface area contributed by atoms with E-state index in [2.05, 4.69) is 5.32 Å². The lowest BCUT2D eigenvalue weighted by molar-refractivity contribution is -0.144. The summed E-state index contributed by atoms with van der Waals surface area (Å²) in [6.07, 6.45) is 1.48. The van der Waals surface area contributed by atoms with Gasteiger partial charge in [0.25, 0.3) is 0 Å². The molecule has 0 saturated carbocycles. The molecule has 1 aromatic rings. The van der Waals surface area contributed by atoms with E-state index in [1.165, 1.54) is 7.11 Å². The molecule has 2 rings (SSSR count). The second-order valence-corrected chi connectivity index (χ2v) is 6.48. The zero-order chi connectivity index (χ0) is 19.3. The van der Waals surface area contributed by atoms with Crippen LogP contribution in [-0.4, -0.2) is 50.8 Å². The maximum absolute atomic E-state index is 12.7. The Labute approximate surface area is 154 Å². The quantitative estimate of drug-likeness (QED) is 0.784. The molecular formula is C19H28N2O5. The Bertz CT molecular complexity index is 662. The molecular weight excluding hydrogens is 336 g/mol. The zero-order valence-corrected chi connectivity index (χ0v) is 16.1. The number of methoxy groups -OCH3 is 3. The summed E-state index contributed by atoms with van der Waals surface area (Å²) in [6.45, 7) is 4.92. The highest BCUT2D eigenvalue weighted by Crippen LogP contribution is 2.33. The molecule has 2 amide bonds. The molecule has 0 aromatic heterocycles. The molecule has 0 saturated heterocycles. The Kier molecular flexibility index (Phi) is 6.71. The molecule has 1 unspecified atom stereocenters. The number of hydrogen-bond acceptors (Lipinski definition) is 5. The smallest absolute Gasteiger partial charge is 0.328 e. The Morgan fingerprint density at radius 2 is 1.77 bits per heavy atom. The van der Waals surface area contributed by atoms with Gasteiger partial charge in [0.2, 0.25) is 0 Å². The average molecular weight is 364 g/mol. The van der Waals surface area contributed by atoms with Crippen LogP contribution in [0, 0.1) is 5.92 Å². The zero-order valence-electron chi connectivity index (χ0n) is 16.1. The Morgan fingerprint density at radius 3 is 2.31 bits per heavy atom. The maximum Gasteiger partial charge on any atom is 0.328 e. The minimum absolute atomic E-state index is 0.00664. The standard InChI is InChI=1S/C19H28N2O5/c1-6-12(2)17(18(22)26-5)20-19(23)21-8-7-13-9-15(24-3)16(25-4)10-14(13)11-21/h9-10,12,17H,6-8,11H2,1-5H3,(H,20,23)/t12?,17-/m0/s1. The van der Waals surface area contributed by atoms with Gasteiger partial charge >= 0.3 is 12.0 Å². The third kappa shape index (κ3) is 4.20. The van der Waals surface area contributed by atoms with E-state index >= 15 is 0 Å². The first-order valence-corrected chi connectivity index (χ1v) is 8.82. The monoisotopic (exact) mass is 364 g/mol. The highest BCUT2D eigenvalue weighted by molar-refractivity contribution is 5.84. The van der Waals surface area contributed by atoms with E-state index in [0.717, 1.165) is 24.0 Å². The van der Waals surface area contributed by atoms with Crippen LogP contribution in [0.3, 0.4) is 0 Å². The average Bonchev–Trinajstić information content (AvgIpc) is 2.68. The van der Waals surface area contributed by atoms with Gasteiger partial charge in [-0.05, 0) is 35.6 Å². The largest absolute Gasteiger partial charge is 0.493 e. The van der Waals surface area contributed by atoms with Crippen molar-refractivity contribution >= 4 is 12.0 Å². The van der Waals surface area contributed by atoms with Crippen molar-refractivity contribution in [2.24, 2.45) is 5.92 Å². The molecule has 0 fully saturated rings. The molecule has 1 aromatic carbocycles. The van der Waals surface area contributed by atoms with Crippen LogP contribution < -0.4 is 14.8 Å². The number of nitrogens with zero attached hydrogens (tertiary/aromatic N) is 1. The third-order valence-electron chi connectivity index (χ3n) is 4.95. The number of rotatable bonds is 6. The van der Waals surface area contributed by atoms with Crippen LogP contribution in [-0.2, 0) is 22.5 Å². The SMILES string of the molecule is CCC(C)[C@H](NC(=O)N1CCc2cc(OC)c(OC)cc2C1)C(=O)OC. The van der Waals surface area contributed by atoms with Gasteiger partial charge in [-0.25, -0.2) is 9.59 Å². The fourth-order valence-corrected chi connectivity index (χ4v) is 3.08. The van der Waals surface area contributed by atoms with Crippen LogP contribution in [0.15, 0.2) is 12.1 Å². The molecule has 1 aliphatic rings. The number of urea groups is 1. The fourth-order valence-electron chi connectivity index (χ4n) is 3.08. The minimum Gasteiger partial charge on any atom is -0.493 e. The summed E-state index contributed by atoms with van der Waals surface area (Å²) in [7, 11) is 4.53. The lowest BCUT2D eigenvalue weighted by Gasteiger charge is -2.32. The van der Waals surface area contributed by atoms with Crippen molar-refractivity contribution in [3.63, 3.8) is 0 Å². The van der Waals surface area contributed by atoms with Crippen molar-refractivity contribution in [2.75, 3.05) is 27.9 Å². The van der Waals surface area contributed by atoms with Gasteiger partial charge in [-0.3, -0.25) is 0 Å². The predicted octanol–water partition coefficient (Wildman–Crippen LogP) is 2.36. The molecule has 1 heterocycles. The maximum atomic E-state index is 12.7. The van der Waals surface area contributed by atoms with Crippen molar-refractivity contribution in [3.05, 3.63) is 23.3 Å². The van der Waals surface area contributed by atoms with Gasteiger partial charge in [0.15, 0.2) is 11.5 Å². The summed E-state index contributed by atoms with van der Waals surface area (Å²) in [4.78, 5) is 26.4. The molecule has 7 heteroatoms. The summed E-state index contributed by atoms with van der Waals surface area (Å²) < 4.78 is 15.5. The number of benzene rings is 1. The number of nitrogens with one attached hydrogen (secondary N) is 1.